The van der Waals surface area contributed by atoms with Crippen LogP contribution in [0.1, 0.15) is 19.3 Å². The summed E-state index contributed by atoms with van der Waals surface area (Å²) in [7, 11) is -3.83. The first kappa shape index (κ1) is 20.9. The molecule has 0 aromatic carbocycles. The molecule has 13 heteroatoms. The molecule has 0 radical (unpaired) electrons. The van der Waals surface area contributed by atoms with Crippen LogP contribution in [0.2, 0.25) is 4.34 Å². The number of nitrogens with one attached hydrogen (secondary N) is 1. The lowest BCUT2D eigenvalue weighted by Crippen LogP contribution is -2.49. The predicted octanol–water partition coefficient (Wildman–Crippen LogP) is 4.46. The number of aromatic nitrogens is 2. The molecule has 1 saturated heterocycles. The monoisotopic (exact) mass is 536 g/mol. The van der Waals surface area contributed by atoms with Crippen molar-refractivity contribution in [3.8, 4) is 10.8 Å². The summed E-state index contributed by atoms with van der Waals surface area (Å²) < 4.78 is 34.1. The van der Waals surface area contributed by atoms with Crippen molar-refractivity contribution in [3.05, 3.63) is 32.4 Å². The highest BCUT2D eigenvalue weighted by Gasteiger charge is 2.38. The van der Waals surface area contributed by atoms with E-state index in [9.17, 15) is 13.2 Å². The first-order valence-corrected chi connectivity index (χ1v) is 12.8. The number of hydrogen-bond donors (Lipinski definition) is 1. The van der Waals surface area contributed by atoms with Gasteiger partial charge in [-0.3, -0.25) is 10.1 Å². The summed E-state index contributed by atoms with van der Waals surface area (Å²) >= 11 is 11.6. The van der Waals surface area contributed by atoms with E-state index >= 15 is 0 Å². The molecule has 1 N–H and O–H groups in total. The molecule has 1 fully saturated rings. The molecule has 8 nitrogen and oxygen atoms in total. The molecule has 154 valence electrons. The first-order chi connectivity index (χ1) is 13.8. The highest BCUT2D eigenvalue weighted by molar-refractivity contribution is 9.11. The molecule has 1 unspecified atom stereocenters. The number of halogens is 2. The lowest BCUT2D eigenvalue weighted by molar-refractivity contribution is -0.120. The Bertz CT molecular complexity index is 1140. The standard InChI is InChI=1S/C16H14BrClN4O4S3/c17-11-5-4-10(27-11)15-20-21-16(26-15)19-14(23)9-3-1-2-8-22(9)29(24,25)13-7-6-12(18)28-13/h4-7,9H,1-3,8H2,(H,19,21,23). The predicted molar refractivity (Wildman–Crippen MR) is 115 cm³/mol. The van der Waals surface area contributed by atoms with Crippen LogP contribution in [0.4, 0.5) is 6.01 Å². The normalized spacial score (nSPS) is 18.1. The number of piperidine rings is 1. The third-order valence-electron chi connectivity index (χ3n) is 4.31. The van der Waals surface area contributed by atoms with Gasteiger partial charge in [0.05, 0.1) is 13.0 Å². The summed E-state index contributed by atoms with van der Waals surface area (Å²) in [6.07, 6.45) is 1.83. The summed E-state index contributed by atoms with van der Waals surface area (Å²) in [6.45, 7) is 0.258. The highest BCUT2D eigenvalue weighted by atomic mass is 79.9. The molecule has 3 aromatic heterocycles. The third kappa shape index (κ3) is 4.42. The van der Waals surface area contributed by atoms with Gasteiger partial charge in [0.2, 0.25) is 5.91 Å². The topological polar surface area (TPSA) is 105 Å². The molecule has 29 heavy (non-hydrogen) atoms. The molecule has 1 aliphatic rings. The van der Waals surface area contributed by atoms with Crippen LogP contribution < -0.4 is 5.32 Å². The Labute approximate surface area is 188 Å². The molecule has 0 aliphatic carbocycles. The van der Waals surface area contributed by atoms with E-state index in [1.165, 1.54) is 27.8 Å². The zero-order valence-electron chi connectivity index (χ0n) is 14.7. The van der Waals surface area contributed by atoms with E-state index in [1.807, 2.05) is 12.1 Å². The maximum atomic E-state index is 13.0. The van der Waals surface area contributed by atoms with Crippen molar-refractivity contribution in [1.29, 1.82) is 0 Å². The van der Waals surface area contributed by atoms with Crippen LogP contribution in [0.15, 0.2) is 36.7 Å². The van der Waals surface area contributed by atoms with Gasteiger partial charge in [0.25, 0.3) is 15.9 Å². The maximum absolute atomic E-state index is 13.0. The Morgan fingerprint density at radius 1 is 1.24 bits per heavy atom. The summed E-state index contributed by atoms with van der Waals surface area (Å²) in [6, 6.07) is 5.72. The van der Waals surface area contributed by atoms with Gasteiger partial charge in [-0.05, 0) is 53.0 Å². The second-order valence-electron chi connectivity index (χ2n) is 6.19. The van der Waals surface area contributed by atoms with Crippen LogP contribution in [0.3, 0.4) is 0 Å². The van der Waals surface area contributed by atoms with E-state index in [-0.39, 0.29) is 22.7 Å². The van der Waals surface area contributed by atoms with E-state index in [1.54, 1.807) is 0 Å². The SMILES string of the molecule is O=C(Nc1nnc(-c2ccc(Br)s2)o1)C1CCCCN1S(=O)(=O)c1ccc(Cl)s1. The van der Waals surface area contributed by atoms with Crippen molar-refractivity contribution in [3.63, 3.8) is 0 Å². The smallest absolute Gasteiger partial charge is 0.322 e. The van der Waals surface area contributed by atoms with E-state index in [2.05, 4.69) is 31.4 Å². The molecule has 0 saturated carbocycles. The van der Waals surface area contributed by atoms with Crippen LogP contribution in [0.25, 0.3) is 10.8 Å². The Balaban J connectivity index is 1.53. The van der Waals surface area contributed by atoms with Crippen LogP contribution in [-0.2, 0) is 14.8 Å². The number of thiophene rings is 2. The van der Waals surface area contributed by atoms with Gasteiger partial charge < -0.3 is 4.42 Å². The zero-order valence-corrected chi connectivity index (χ0v) is 19.5. The number of rotatable bonds is 5. The minimum Gasteiger partial charge on any atom is -0.402 e. The van der Waals surface area contributed by atoms with Gasteiger partial charge >= 0.3 is 6.01 Å². The number of nitrogens with zero attached hydrogens (tertiary/aromatic N) is 3. The second kappa shape index (κ2) is 8.44. The average molecular weight is 538 g/mol. The van der Waals surface area contributed by atoms with Crippen molar-refractivity contribution in [2.75, 3.05) is 11.9 Å². The fourth-order valence-electron chi connectivity index (χ4n) is 3.00. The molecule has 1 atom stereocenters. The molecule has 4 heterocycles. The van der Waals surface area contributed by atoms with Gasteiger partial charge in [0.15, 0.2) is 0 Å². The Kier molecular flexibility index (Phi) is 6.09. The number of anilines is 1. The van der Waals surface area contributed by atoms with Crippen LogP contribution in [-0.4, -0.2) is 41.4 Å². The van der Waals surface area contributed by atoms with Gasteiger partial charge in [-0.25, -0.2) is 8.42 Å². The summed E-state index contributed by atoms with van der Waals surface area (Å²) in [4.78, 5) is 13.6. The van der Waals surface area contributed by atoms with E-state index in [4.69, 9.17) is 16.0 Å². The van der Waals surface area contributed by atoms with Crippen molar-refractivity contribution in [2.45, 2.75) is 29.5 Å². The lowest BCUT2D eigenvalue weighted by atomic mass is 10.0. The molecule has 1 aliphatic heterocycles. The fraction of sp³-hybridized carbons (Fsp3) is 0.312. The van der Waals surface area contributed by atoms with Crippen molar-refractivity contribution < 1.29 is 17.6 Å². The third-order valence-corrected chi connectivity index (χ3v) is 9.53. The van der Waals surface area contributed by atoms with Crippen LogP contribution >= 0.6 is 50.2 Å². The quantitative estimate of drug-likeness (QED) is 0.515. The largest absolute Gasteiger partial charge is 0.402 e. The number of carbonyl (C=O) groups excluding carboxylic acids is 1. The highest BCUT2D eigenvalue weighted by Crippen LogP contribution is 2.33. The summed E-state index contributed by atoms with van der Waals surface area (Å²) in [5, 5.41) is 10.3. The molecule has 4 rings (SSSR count). The molecular formula is C16H14BrClN4O4S3. The van der Waals surface area contributed by atoms with Crippen molar-refractivity contribution >= 4 is 72.1 Å². The summed E-state index contributed by atoms with van der Waals surface area (Å²) in [5.41, 5.74) is 0. The maximum Gasteiger partial charge on any atom is 0.322 e. The van der Waals surface area contributed by atoms with E-state index in [0.717, 1.165) is 26.4 Å². The molecule has 0 bridgehead atoms. The van der Waals surface area contributed by atoms with Crippen LogP contribution in [0.5, 0.6) is 0 Å². The first-order valence-electron chi connectivity index (χ1n) is 8.52. The van der Waals surface area contributed by atoms with Crippen molar-refractivity contribution in [2.24, 2.45) is 0 Å². The van der Waals surface area contributed by atoms with E-state index < -0.39 is 22.0 Å². The van der Waals surface area contributed by atoms with Gasteiger partial charge in [-0.2, -0.15) is 4.31 Å². The van der Waals surface area contributed by atoms with Crippen molar-refractivity contribution in [1.82, 2.24) is 14.5 Å². The Morgan fingerprint density at radius 3 is 2.76 bits per heavy atom. The van der Waals surface area contributed by atoms with Gasteiger partial charge in [-0.1, -0.05) is 23.1 Å². The van der Waals surface area contributed by atoms with Gasteiger partial charge in [0, 0.05) is 6.54 Å². The average Bonchev–Trinajstić information content (AvgIpc) is 3.43. The Morgan fingerprint density at radius 2 is 2.07 bits per heavy atom. The minimum atomic E-state index is -3.83. The lowest BCUT2D eigenvalue weighted by Gasteiger charge is -2.32. The number of carbonyl (C=O) groups is 1. The zero-order chi connectivity index (χ0) is 20.6. The van der Waals surface area contributed by atoms with E-state index in [0.29, 0.717) is 17.2 Å². The molecule has 0 spiro atoms. The number of hydrogen-bond acceptors (Lipinski definition) is 8. The molecular weight excluding hydrogens is 524 g/mol. The van der Waals surface area contributed by atoms with Crippen LogP contribution in [0, 0.1) is 0 Å². The number of amides is 1. The minimum absolute atomic E-state index is 0.0726. The Hall–Kier alpha value is -1.31. The van der Waals surface area contributed by atoms with Gasteiger partial charge in [0.1, 0.15) is 10.3 Å². The molecule has 1 amide bonds. The number of sulfonamides is 1. The fourth-order valence-corrected chi connectivity index (χ4v) is 7.57. The molecule has 3 aromatic rings. The van der Waals surface area contributed by atoms with Gasteiger partial charge in [-0.15, -0.1) is 27.8 Å². The summed E-state index contributed by atoms with van der Waals surface area (Å²) in [5.74, 6) is -0.226. The second-order valence-corrected chi connectivity index (χ2v) is 12.5.